The number of likely N-dealkylation sites (tertiary alicyclic amines) is 1. The topological polar surface area (TPSA) is 126 Å². The predicted octanol–water partition coefficient (Wildman–Crippen LogP) is 2.86. The van der Waals surface area contributed by atoms with Crippen molar-refractivity contribution in [3.05, 3.63) is 24.0 Å². The van der Waals surface area contributed by atoms with Crippen molar-refractivity contribution in [3.63, 3.8) is 0 Å². The fourth-order valence-electron chi connectivity index (χ4n) is 6.19. The number of piperidine rings is 1. The second-order valence-electron chi connectivity index (χ2n) is 10.9. The summed E-state index contributed by atoms with van der Waals surface area (Å²) in [5.74, 6) is -0.404. The van der Waals surface area contributed by atoms with Crippen LogP contribution in [0.5, 0.6) is 0 Å². The van der Waals surface area contributed by atoms with Crippen LogP contribution in [0.3, 0.4) is 0 Å². The van der Waals surface area contributed by atoms with Crippen LogP contribution >= 0.6 is 0 Å². The van der Waals surface area contributed by atoms with Gasteiger partial charge in [0.2, 0.25) is 5.91 Å². The third kappa shape index (κ3) is 6.75. The second kappa shape index (κ2) is 13.3. The lowest BCUT2D eigenvalue weighted by Crippen LogP contribution is -2.58. The molecule has 0 spiro atoms. The summed E-state index contributed by atoms with van der Waals surface area (Å²) in [7, 11) is 2.03. The summed E-state index contributed by atoms with van der Waals surface area (Å²) in [5.41, 5.74) is 0.0412. The molecule has 38 heavy (non-hydrogen) atoms. The molecule has 0 radical (unpaired) electrons. The predicted molar refractivity (Wildman–Crippen MR) is 146 cm³/mol. The lowest BCUT2D eigenvalue weighted by Gasteiger charge is -2.42. The molecule has 3 heterocycles. The monoisotopic (exact) mass is 525 g/mol. The molecule has 208 valence electrons. The van der Waals surface area contributed by atoms with E-state index in [-0.39, 0.29) is 17.7 Å². The van der Waals surface area contributed by atoms with E-state index in [1.165, 1.54) is 6.42 Å². The zero-order chi connectivity index (χ0) is 27.0. The van der Waals surface area contributed by atoms with Crippen molar-refractivity contribution in [2.45, 2.75) is 63.3 Å². The van der Waals surface area contributed by atoms with Crippen LogP contribution in [-0.2, 0) is 9.53 Å². The third-order valence-corrected chi connectivity index (χ3v) is 8.35. The normalized spacial score (nSPS) is 22.8. The number of rotatable bonds is 7. The number of urea groups is 1. The molecule has 2 saturated heterocycles. The first-order valence-corrected chi connectivity index (χ1v) is 14.2. The first-order chi connectivity index (χ1) is 18.5. The molecule has 2 atom stereocenters. The zero-order valence-corrected chi connectivity index (χ0v) is 22.9. The molecule has 1 aliphatic carbocycles. The number of hydrogen-bond donors (Lipinski definition) is 3. The summed E-state index contributed by atoms with van der Waals surface area (Å²) in [4.78, 5) is 39.6. The van der Waals surface area contributed by atoms with Gasteiger partial charge in [-0.1, -0.05) is 19.3 Å². The minimum Gasteiger partial charge on any atom is -0.378 e. The molecule has 2 aliphatic heterocycles. The Hall–Kier alpha value is -2.90. The molecule has 3 N–H and O–H groups in total. The van der Waals surface area contributed by atoms with Gasteiger partial charge >= 0.3 is 6.03 Å². The van der Waals surface area contributed by atoms with Gasteiger partial charge in [-0.2, -0.15) is 10.3 Å². The Labute approximate surface area is 226 Å². The number of nitrogens with zero attached hydrogens (tertiary/aromatic N) is 4. The van der Waals surface area contributed by atoms with Crippen molar-refractivity contribution in [3.8, 4) is 6.07 Å². The Bertz CT molecular complexity index is 983. The molecule has 2 unspecified atom stereocenters. The molecule has 1 aromatic heterocycles. The summed E-state index contributed by atoms with van der Waals surface area (Å²) in [6, 6.07) is 5.99. The highest BCUT2D eigenvalue weighted by Crippen LogP contribution is 2.42. The van der Waals surface area contributed by atoms with Gasteiger partial charge in [-0.05, 0) is 57.7 Å². The number of ether oxygens (including phenoxy) is 1. The molecule has 3 amide bonds. The van der Waals surface area contributed by atoms with Crippen molar-refractivity contribution in [1.29, 1.82) is 5.26 Å². The highest BCUT2D eigenvalue weighted by Gasteiger charge is 2.45. The first-order valence-electron chi connectivity index (χ1n) is 14.2. The maximum atomic E-state index is 14.5. The quantitative estimate of drug-likeness (QED) is 0.371. The van der Waals surface area contributed by atoms with E-state index in [1.807, 2.05) is 37.2 Å². The lowest BCUT2D eigenvalue weighted by atomic mass is 9.71. The van der Waals surface area contributed by atoms with Crippen molar-refractivity contribution < 1.29 is 14.3 Å². The fraction of sp³-hybridized carbons (Fsp3) is 0.714. The van der Waals surface area contributed by atoms with E-state index >= 15 is 0 Å². The van der Waals surface area contributed by atoms with E-state index < -0.39 is 17.5 Å². The molecular weight excluding hydrogens is 482 g/mol. The summed E-state index contributed by atoms with van der Waals surface area (Å²) in [6.45, 7) is 5.91. The van der Waals surface area contributed by atoms with Gasteiger partial charge in [0, 0.05) is 50.5 Å². The van der Waals surface area contributed by atoms with E-state index in [9.17, 15) is 14.9 Å². The molecular formula is C28H43N7O3. The molecule has 10 nitrogen and oxygen atoms in total. The minimum atomic E-state index is -0.934. The lowest BCUT2D eigenvalue weighted by molar-refractivity contribution is -0.126. The van der Waals surface area contributed by atoms with Crippen LogP contribution in [0.25, 0.3) is 0 Å². The number of aromatic amines is 1. The average molecular weight is 526 g/mol. The van der Waals surface area contributed by atoms with Crippen LogP contribution in [0.1, 0.15) is 63.5 Å². The number of morpholine rings is 1. The van der Waals surface area contributed by atoms with Crippen LogP contribution in [0.2, 0.25) is 0 Å². The molecule has 10 heteroatoms. The van der Waals surface area contributed by atoms with Gasteiger partial charge in [0.1, 0.15) is 17.3 Å². The molecule has 1 aromatic rings. The Morgan fingerprint density at radius 2 is 1.92 bits per heavy atom. The molecule has 3 aliphatic rings. The fourth-order valence-corrected chi connectivity index (χ4v) is 6.19. The molecule has 1 saturated carbocycles. The van der Waals surface area contributed by atoms with Crippen LogP contribution in [0.15, 0.2) is 23.3 Å². The molecule has 0 bridgehead atoms. The number of amides is 3. The number of amidine groups is 1. The summed E-state index contributed by atoms with van der Waals surface area (Å²) in [6.07, 6.45) is 8.47. The smallest absolute Gasteiger partial charge is 0.342 e. The van der Waals surface area contributed by atoms with Crippen LogP contribution in [0.4, 0.5) is 4.79 Å². The standard InChI is InChI=1S/C28H43N7O3/c1-3-30-27(37)32-25(35-16-18-38-19-17-35)24(26(36)33-28(20-29)11-14-34(2)15-12-28)23(22-10-7-13-31-22)21-8-5-4-6-9-21/h7,10,13,21,23-24,31H,3-6,8-9,11-12,14-19H2,1-2H3,(H,30,37)(H,33,36). The average Bonchev–Trinajstić information content (AvgIpc) is 3.47. The second-order valence-corrected chi connectivity index (χ2v) is 10.9. The Morgan fingerprint density at radius 3 is 2.53 bits per heavy atom. The van der Waals surface area contributed by atoms with Gasteiger partial charge in [0.05, 0.1) is 19.3 Å². The van der Waals surface area contributed by atoms with E-state index in [2.05, 4.69) is 31.6 Å². The number of hydrogen-bond acceptors (Lipinski definition) is 5. The Balaban J connectivity index is 1.79. The van der Waals surface area contributed by atoms with Gasteiger partial charge in [0.25, 0.3) is 0 Å². The van der Waals surface area contributed by atoms with Gasteiger partial charge < -0.3 is 30.2 Å². The summed E-state index contributed by atoms with van der Waals surface area (Å²) >= 11 is 0. The number of carbonyl (C=O) groups is 2. The van der Waals surface area contributed by atoms with Crippen molar-refractivity contribution >= 4 is 17.8 Å². The van der Waals surface area contributed by atoms with Crippen LogP contribution in [-0.4, -0.2) is 91.1 Å². The number of carbonyl (C=O) groups excluding carboxylic acids is 2. The molecule has 3 fully saturated rings. The number of nitrogens with one attached hydrogen (secondary N) is 3. The van der Waals surface area contributed by atoms with E-state index in [4.69, 9.17) is 4.74 Å². The highest BCUT2D eigenvalue weighted by atomic mass is 16.5. The maximum absolute atomic E-state index is 14.5. The maximum Gasteiger partial charge on any atom is 0.342 e. The SMILES string of the molecule is CCNC(=O)N=C(C(C(=O)NC1(C#N)CCN(C)CC1)C(c1ccc[nH]1)C1CCCCC1)N1CCOCC1. The number of aliphatic imine (C=N–C) groups is 1. The van der Waals surface area contributed by atoms with Crippen LogP contribution < -0.4 is 10.6 Å². The molecule has 0 aromatic carbocycles. The van der Waals surface area contributed by atoms with E-state index in [0.717, 1.165) is 44.5 Å². The summed E-state index contributed by atoms with van der Waals surface area (Å²) < 4.78 is 5.60. The van der Waals surface area contributed by atoms with E-state index in [0.29, 0.717) is 51.5 Å². The van der Waals surface area contributed by atoms with Gasteiger partial charge in [-0.25, -0.2) is 4.79 Å². The Morgan fingerprint density at radius 1 is 1.21 bits per heavy atom. The number of H-pyrrole nitrogens is 1. The van der Waals surface area contributed by atoms with Crippen molar-refractivity contribution in [1.82, 2.24) is 25.4 Å². The minimum absolute atomic E-state index is 0.191. The van der Waals surface area contributed by atoms with Gasteiger partial charge in [-0.3, -0.25) is 4.79 Å². The zero-order valence-electron chi connectivity index (χ0n) is 22.9. The number of aromatic nitrogens is 1. The highest BCUT2D eigenvalue weighted by molar-refractivity contribution is 6.08. The summed E-state index contributed by atoms with van der Waals surface area (Å²) in [5, 5.41) is 16.2. The van der Waals surface area contributed by atoms with Gasteiger partial charge in [0.15, 0.2) is 0 Å². The largest absolute Gasteiger partial charge is 0.378 e. The van der Waals surface area contributed by atoms with E-state index in [1.54, 1.807) is 0 Å². The van der Waals surface area contributed by atoms with Crippen LogP contribution in [0, 0.1) is 23.2 Å². The van der Waals surface area contributed by atoms with Crippen molar-refractivity contribution in [2.24, 2.45) is 16.8 Å². The number of nitriles is 1. The van der Waals surface area contributed by atoms with Crippen molar-refractivity contribution in [2.75, 3.05) is 53.0 Å². The molecule has 4 rings (SSSR count). The van der Waals surface area contributed by atoms with Gasteiger partial charge in [-0.15, -0.1) is 0 Å². The Kier molecular flexibility index (Phi) is 9.80. The first kappa shape index (κ1) is 28.1. The third-order valence-electron chi connectivity index (χ3n) is 8.35.